The van der Waals surface area contributed by atoms with Gasteiger partial charge in [0.05, 0.1) is 0 Å². The molecule has 0 saturated heterocycles. The molecule has 0 heteroatoms. The summed E-state index contributed by atoms with van der Waals surface area (Å²) in [6, 6.07) is 28.5. The molecule has 5 aliphatic rings. The van der Waals surface area contributed by atoms with Crippen LogP contribution in [0.3, 0.4) is 0 Å². The van der Waals surface area contributed by atoms with Gasteiger partial charge in [-0.3, -0.25) is 0 Å². The van der Waals surface area contributed by atoms with Crippen LogP contribution in [0.15, 0.2) is 72.8 Å². The quantitative estimate of drug-likeness (QED) is 0.151. The van der Waals surface area contributed by atoms with Crippen LogP contribution in [-0.2, 0) is 23.7 Å². The van der Waals surface area contributed by atoms with Gasteiger partial charge in [-0.05, 0) is 359 Å². The summed E-state index contributed by atoms with van der Waals surface area (Å²) in [7, 11) is 0. The van der Waals surface area contributed by atoms with Gasteiger partial charge in [0.2, 0.25) is 0 Å². The monoisotopic (exact) mass is 976 g/mol. The van der Waals surface area contributed by atoms with Crippen molar-refractivity contribution in [1.29, 1.82) is 0 Å². The van der Waals surface area contributed by atoms with Crippen LogP contribution in [0.2, 0.25) is 0 Å². The first-order valence-electron chi connectivity index (χ1n) is 29.9. The number of hydrogen-bond donors (Lipinski definition) is 0. The van der Waals surface area contributed by atoms with Gasteiger partial charge in [0, 0.05) is 10.8 Å². The summed E-state index contributed by atoms with van der Waals surface area (Å²) < 4.78 is 0. The summed E-state index contributed by atoms with van der Waals surface area (Å²) in [5, 5.41) is 90.4. The van der Waals surface area contributed by atoms with Crippen molar-refractivity contribution in [3.63, 3.8) is 0 Å². The molecule has 80 heavy (non-hydrogen) atoms. The van der Waals surface area contributed by atoms with Gasteiger partial charge in [-0.15, -0.1) is 0 Å². The molecule has 0 atom stereocenters. The third-order valence-corrected chi connectivity index (χ3v) is 28.1. The van der Waals surface area contributed by atoms with Crippen molar-refractivity contribution in [1.82, 2.24) is 0 Å². The molecule has 0 radical (unpaired) electrons. The van der Waals surface area contributed by atoms with E-state index < -0.39 is 0 Å². The molecule has 0 aromatic heterocycles. The molecule has 36 rings (SSSR count). The van der Waals surface area contributed by atoms with E-state index in [0.29, 0.717) is 0 Å². The average molecular weight is 977 g/mol. The maximum atomic E-state index is 2.76. The minimum atomic E-state index is -0.284. The molecule has 0 aliphatic heterocycles. The summed E-state index contributed by atoms with van der Waals surface area (Å²) in [6.07, 6.45) is 2.07. The van der Waals surface area contributed by atoms with Gasteiger partial charge >= 0.3 is 0 Å². The van der Waals surface area contributed by atoms with Gasteiger partial charge in [0.1, 0.15) is 0 Å². The Morgan fingerprint density at radius 1 is 0.175 bits per heavy atom. The van der Waals surface area contributed by atoms with E-state index >= 15 is 0 Å². The second-order valence-corrected chi connectivity index (χ2v) is 28.8. The normalized spacial score (nSPS) is 21.0. The third kappa shape index (κ3) is 1.80. The molecule has 0 unspecified atom stereocenters. The molecular weight excluding hydrogens is 961 g/mol. The molecule has 0 nitrogen and oxygen atoms in total. The third-order valence-electron chi connectivity index (χ3n) is 28.1. The SMILES string of the molecule is c1ccc(-c2cc3c(cc2-c2ccccc2)CC24c5c6c7c8c9c%10c(c%11c%12c2c2c5c5c%13c6c6c7c7c9c9c%14c%10c%10c%11c%11c%12c%12c2c2c5c5c%13c%13c6c6c7c9c7c9c%14c%10c%10c%11c%11c%12c2c2c5c5c%13c6c7c6c9c%10c%11c2c56)C84C3)cc1. The fourth-order valence-corrected chi connectivity index (χ4v) is 27.5. The first-order chi connectivity index (χ1) is 39.9. The second-order valence-electron chi connectivity index (χ2n) is 28.8. The zero-order valence-electron chi connectivity index (χ0n) is 41.3. The lowest BCUT2D eigenvalue weighted by atomic mass is 9.43. The minimum Gasteiger partial charge on any atom is -0.0622 e. The van der Waals surface area contributed by atoms with Crippen LogP contribution in [0.5, 0.6) is 0 Å². The van der Waals surface area contributed by atoms with E-state index in [4.69, 9.17) is 0 Å². The fraction of sp³-hybridized carbons (Fsp3) is 0.0500. The summed E-state index contributed by atoms with van der Waals surface area (Å²) in [5.41, 5.74) is 15.2. The molecule has 31 aromatic rings. The highest BCUT2D eigenvalue weighted by molar-refractivity contribution is 6.82. The van der Waals surface area contributed by atoms with Crippen molar-refractivity contribution >= 4 is 291 Å². The lowest BCUT2D eigenvalue weighted by molar-refractivity contribution is 0.298. The van der Waals surface area contributed by atoms with E-state index in [1.165, 1.54) is 22.3 Å². The van der Waals surface area contributed by atoms with Crippen molar-refractivity contribution in [2.24, 2.45) is 0 Å². The minimum absolute atomic E-state index is 0.284. The Labute approximate surface area is 440 Å². The standard InChI is InChI=1S/C80H16/c1-3-7-15(8-4-1)19-11-17-13-79-75-67-59-49-39-31-23-21-22-25-29-27(23)35-43-37(29)47-41-33(25)34-26(22)30-28-24(21)32(31)40-46-36(28)44-38(30)48-42(34)52-51(41)61-55(47)65-57(43)63(53(59)45(35)39)71(75)73(65)77-69(61)70-62(52)56(48)66-58(44)64-54(46)60(50(40)49)68(67)76(79)72(64)74(66)78(70)80(77,79)14-18(17)12-20(19)16-9-5-2-6-10-16/h1-12H,13-14H2. The maximum Gasteiger partial charge on any atom is 0.0409 e. The van der Waals surface area contributed by atoms with Crippen LogP contribution >= 0.6 is 0 Å². The molecular formula is C80H16. The molecule has 0 bridgehead atoms. The maximum absolute atomic E-state index is 2.76. The molecule has 0 heterocycles. The highest BCUT2D eigenvalue weighted by Crippen LogP contribution is 2.85. The largest absolute Gasteiger partial charge is 0.0622 e. The Kier molecular flexibility index (Phi) is 2.86. The van der Waals surface area contributed by atoms with Crippen molar-refractivity contribution in [2.75, 3.05) is 0 Å². The first kappa shape index (κ1) is 30.9. The van der Waals surface area contributed by atoms with E-state index in [1.807, 2.05) is 0 Å². The van der Waals surface area contributed by atoms with Crippen LogP contribution in [0, 0.1) is 0 Å². The van der Waals surface area contributed by atoms with Crippen LogP contribution in [-0.4, -0.2) is 0 Å². The lowest BCUT2D eigenvalue weighted by Crippen LogP contribution is -2.56. The number of fused-ring (bicyclic) bond motifs is 1. The Morgan fingerprint density at radius 3 is 0.487 bits per heavy atom. The van der Waals surface area contributed by atoms with Crippen LogP contribution in [0.4, 0.5) is 0 Å². The molecule has 2 spiro atoms. The van der Waals surface area contributed by atoms with Crippen LogP contribution in [0.25, 0.3) is 313 Å². The summed E-state index contributed by atoms with van der Waals surface area (Å²) in [5.74, 6) is 0. The van der Waals surface area contributed by atoms with E-state index in [0.717, 1.165) is 12.8 Å². The van der Waals surface area contributed by atoms with Gasteiger partial charge in [-0.25, -0.2) is 0 Å². The van der Waals surface area contributed by atoms with Crippen molar-refractivity contribution in [2.45, 2.75) is 23.7 Å². The molecule has 31 aromatic carbocycles. The summed E-state index contributed by atoms with van der Waals surface area (Å²) >= 11 is 0. The Hall–Kier alpha value is -9.88. The zero-order valence-corrected chi connectivity index (χ0v) is 41.3. The van der Waals surface area contributed by atoms with Crippen molar-refractivity contribution in [3.05, 3.63) is 106 Å². The smallest absolute Gasteiger partial charge is 0.0409 e. The molecule has 0 N–H and O–H groups in total. The Balaban J connectivity index is 1.01. The van der Waals surface area contributed by atoms with E-state index in [1.54, 1.807) is 324 Å². The van der Waals surface area contributed by atoms with Crippen molar-refractivity contribution < 1.29 is 0 Å². The summed E-state index contributed by atoms with van der Waals surface area (Å²) in [4.78, 5) is 0. The van der Waals surface area contributed by atoms with Crippen LogP contribution < -0.4 is 0 Å². The van der Waals surface area contributed by atoms with E-state index in [2.05, 4.69) is 72.8 Å². The number of rotatable bonds is 2. The molecule has 0 fully saturated rings. The molecule has 0 amide bonds. The van der Waals surface area contributed by atoms with Crippen LogP contribution in [0.1, 0.15) is 33.4 Å². The number of benzene rings is 21. The molecule has 5 aliphatic carbocycles. The highest BCUT2D eigenvalue weighted by Gasteiger charge is 2.71. The van der Waals surface area contributed by atoms with Gasteiger partial charge in [0.25, 0.3) is 0 Å². The predicted molar refractivity (Wildman–Crippen MR) is 339 cm³/mol. The second kappa shape index (κ2) is 7.41. The fourth-order valence-electron chi connectivity index (χ4n) is 27.5. The van der Waals surface area contributed by atoms with Gasteiger partial charge in [-0.1, -0.05) is 72.8 Å². The van der Waals surface area contributed by atoms with E-state index in [-0.39, 0.29) is 10.8 Å². The highest BCUT2D eigenvalue weighted by atomic mass is 14.7. The van der Waals surface area contributed by atoms with Gasteiger partial charge in [-0.2, -0.15) is 0 Å². The summed E-state index contributed by atoms with van der Waals surface area (Å²) in [6.45, 7) is 0. The topological polar surface area (TPSA) is 0 Å². The molecule has 336 valence electrons. The first-order valence-corrected chi connectivity index (χ1v) is 29.9. The number of hydrogen-bond acceptors (Lipinski definition) is 0. The van der Waals surface area contributed by atoms with Crippen molar-refractivity contribution in [3.8, 4) is 22.3 Å². The Morgan fingerprint density at radius 2 is 0.325 bits per heavy atom. The van der Waals surface area contributed by atoms with Gasteiger partial charge < -0.3 is 0 Å². The Bertz CT molecular complexity index is 7520. The van der Waals surface area contributed by atoms with Gasteiger partial charge in [0.15, 0.2) is 0 Å². The average Bonchev–Trinajstić information content (AvgIpc) is 1.43. The molecule has 0 saturated carbocycles. The zero-order chi connectivity index (χ0) is 47.8. The predicted octanol–water partition coefficient (Wildman–Crippen LogP) is 21.4. The van der Waals surface area contributed by atoms with E-state index in [9.17, 15) is 0 Å². The lowest BCUT2D eigenvalue weighted by Gasteiger charge is -2.57.